The quantitative estimate of drug-likeness (QED) is 0.248. The van der Waals surface area contributed by atoms with Crippen LogP contribution >= 0.6 is 11.8 Å². The molecule has 1 heterocycles. The molecule has 0 N–H and O–H groups in total. The van der Waals surface area contributed by atoms with Gasteiger partial charge in [0.05, 0.1) is 5.56 Å². The van der Waals surface area contributed by atoms with E-state index < -0.39 is 0 Å². The first-order valence-corrected chi connectivity index (χ1v) is 11.0. The zero-order valence-corrected chi connectivity index (χ0v) is 17.7. The Morgan fingerprint density at radius 3 is 2.24 bits per heavy atom. The number of carbonyl (C=O) groups is 1. The Morgan fingerprint density at radius 2 is 1.52 bits per heavy atom. The number of aromatic nitrogens is 1. The molecule has 0 spiro atoms. The summed E-state index contributed by atoms with van der Waals surface area (Å²) in [5, 5.41) is 1.04. The van der Waals surface area contributed by atoms with E-state index in [1.165, 1.54) is 4.90 Å². The average Bonchev–Trinajstić information content (AvgIpc) is 3.06. The van der Waals surface area contributed by atoms with Crippen LogP contribution in [0.2, 0.25) is 0 Å². The summed E-state index contributed by atoms with van der Waals surface area (Å²) >= 11 is 1.88. The van der Waals surface area contributed by atoms with Crippen LogP contribution in [-0.2, 0) is 0 Å². The molecular formula is C26H25NOS. The molecule has 0 bridgehead atoms. The highest BCUT2D eigenvalue weighted by Gasteiger charge is 2.22. The van der Waals surface area contributed by atoms with Crippen LogP contribution in [0.1, 0.15) is 41.0 Å². The van der Waals surface area contributed by atoms with E-state index in [0.29, 0.717) is 6.04 Å². The second-order valence-corrected chi connectivity index (χ2v) is 8.51. The Morgan fingerprint density at radius 1 is 0.897 bits per heavy atom. The number of fused-ring (bicyclic) bond motifs is 1. The average molecular weight is 400 g/mol. The van der Waals surface area contributed by atoms with E-state index in [1.807, 2.05) is 54.2 Å². The first-order valence-electron chi connectivity index (χ1n) is 10.0. The monoisotopic (exact) mass is 399 g/mol. The van der Waals surface area contributed by atoms with Crippen molar-refractivity contribution in [2.45, 2.75) is 31.2 Å². The van der Waals surface area contributed by atoms with Crippen molar-refractivity contribution in [3.8, 4) is 0 Å². The van der Waals surface area contributed by atoms with Gasteiger partial charge in [0.25, 0.3) is 0 Å². The molecule has 1 aromatic heterocycles. The molecule has 0 aliphatic heterocycles. The van der Waals surface area contributed by atoms with E-state index in [4.69, 9.17) is 0 Å². The van der Waals surface area contributed by atoms with Gasteiger partial charge in [-0.15, -0.1) is 11.8 Å². The molecule has 0 amide bonds. The summed E-state index contributed by atoms with van der Waals surface area (Å²) in [5.74, 6) is 1.14. The van der Waals surface area contributed by atoms with Crippen LogP contribution in [0.15, 0.2) is 89.8 Å². The lowest BCUT2D eigenvalue weighted by atomic mass is 10.0. The fourth-order valence-corrected chi connectivity index (χ4v) is 5.02. The number of nitrogens with zero attached hydrogens (tertiary/aromatic N) is 1. The Hall–Kier alpha value is -2.78. The molecule has 0 saturated carbocycles. The molecule has 4 rings (SSSR count). The maximum absolute atomic E-state index is 13.3. The zero-order chi connectivity index (χ0) is 20.2. The highest BCUT2D eigenvalue weighted by atomic mass is 32.2. The van der Waals surface area contributed by atoms with Crippen molar-refractivity contribution < 1.29 is 4.79 Å². The minimum absolute atomic E-state index is 0.101. The van der Waals surface area contributed by atoms with Gasteiger partial charge in [-0.3, -0.25) is 4.79 Å². The van der Waals surface area contributed by atoms with Crippen LogP contribution in [0.3, 0.4) is 0 Å². The third kappa shape index (κ3) is 4.01. The number of rotatable bonds is 7. The van der Waals surface area contributed by atoms with Gasteiger partial charge >= 0.3 is 0 Å². The smallest absolute Gasteiger partial charge is 0.195 e. The number of carbonyl (C=O) groups excluding carboxylic acids is 1. The van der Waals surface area contributed by atoms with Crippen molar-refractivity contribution in [1.29, 1.82) is 0 Å². The van der Waals surface area contributed by atoms with Gasteiger partial charge in [0.1, 0.15) is 0 Å². The van der Waals surface area contributed by atoms with Crippen molar-refractivity contribution in [3.05, 3.63) is 102 Å². The van der Waals surface area contributed by atoms with E-state index in [1.54, 1.807) is 0 Å². The first kappa shape index (κ1) is 19.5. The van der Waals surface area contributed by atoms with Crippen molar-refractivity contribution in [2.75, 3.05) is 5.75 Å². The second kappa shape index (κ2) is 8.71. The largest absolute Gasteiger partial charge is 0.341 e. The van der Waals surface area contributed by atoms with Crippen LogP contribution in [0.25, 0.3) is 10.9 Å². The summed E-state index contributed by atoms with van der Waals surface area (Å²) in [4.78, 5) is 14.6. The predicted octanol–water partition coefficient (Wildman–Crippen LogP) is 6.92. The van der Waals surface area contributed by atoms with Crippen LogP contribution in [0, 0.1) is 6.92 Å². The maximum atomic E-state index is 13.3. The molecule has 4 aromatic rings. The molecule has 3 aromatic carbocycles. The van der Waals surface area contributed by atoms with Gasteiger partial charge in [-0.05, 0) is 44.2 Å². The second-order valence-electron chi connectivity index (χ2n) is 7.34. The van der Waals surface area contributed by atoms with Gasteiger partial charge < -0.3 is 4.57 Å². The highest BCUT2D eigenvalue weighted by molar-refractivity contribution is 7.99. The molecule has 0 aliphatic rings. The van der Waals surface area contributed by atoms with Crippen molar-refractivity contribution in [2.24, 2.45) is 0 Å². The minimum Gasteiger partial charge on any atom is -0.341 e. The number of benzene rings is 3. The fourth-order valence-electron chi connectivity index (χ4n) is 3.97. The number of para-hydroxylation sites is 1. The maximum Gasteiger partial charge on any atom is 0.195 e. The predicted molar refractivity (Wildman–Crippen MR) is 123 cm³/mol. The van der Waals surface area contributed by atoms with E-state index >= 15 is 0 Å². The van der Waals surface area contributed by atoms with Crippen molar-refractivity contribution >= 4 is 28.4 Å². The third-order valence-corrected chi connectivity index (χ3v) is 6.45. The number of hydrogen-bond donors (Lipinski definition) is 0. The fraction of sp³-hybridized carbons (Fsp3) is 0.192. The third-order valence-electron chi connectivity index (χ3n) is 5.41. The molecule has 0 saturated heterocycles. The van der Waals surface area contributed by atoms with E-state index in [0.717, 1.165) is 39.9 Å². The Kier molecular flexibility index (Phi) is 5.86. The van der Waals surface area contributed by atoms with Crippen molar-refractivity contribution in [3.63, 3.8) is 0 Å². The van der Waals surface area contributed by atoms with Gasteiger partial charge in [0.2, 0.25) is 0 Å². The zero-order valence-electron chi connectivity index (χ0n) is 16.8. The van der Waals surface area contributed by atoms with E-state index in [-0.39, 0.29) is 5.78 Å². The molecule has 3 heteroatoms. The standard InChI is InChI=1S/C26H25NOS/c1-19(17-18-29-22-13-7-4-8-14-22)27-20(2)25(23-15-9-10-16-24(23)27)26(28)21-11-5-3-6-12-21/h3-16,19H,17-18H2,1-2H3. The molecule has 146 valence electrons. The van der Waals surface area contributed by atoms with E-state index in [9.17, 15) is 4.79 Å². The summed E-state index contributed by atoms with van der Waals surface area (Å²) in [5.41, 5.74) is 3.76. The van der Waals surface area contributed by atoms with Gasteiger partial charge in [-0.2, -0.15) is 0 Å². The summed E-state index contributed by atoms with van der Waals surface area (Å²) in [6.07, 6.45) is 1.04. The minimum atomic E-state index is 0.101. The van der Waals surface area contributed by atoms with Gasteiger partial charge in [0.15, 0.2) is 5.78 Å². The molecule has 0 aliphatic carbocycles. The molecule has 0 fully saturated rings. The lowest BCUT2D eigenvalue weighted by molar-refractivity contribution is 0.103. The Balaban J connectivity index is 1.64. The molecule has 0 radical (unpaired) electrons. The summed E-state index contributed by atoms with van der Waals surface area (Å²) < 4.78 is 2.34. The Bertz CT molecular complexity index is 1120. The van der Waals surface area contributed by atoms with Gasteiger partial charge in [0, 0.05) is 33.1 Å². The lowest BCUT2D eigenvalue weighted by Gasteiger charge is -2.18. The molecule has 29 heavy (non-hydrogen) atoms. The lowest BCUT2D eigenvalue weighted by Crippen LogP contribution is -2.10. The Labute approximate surface area is 176 Å². The molecule has 2 nitrogen and oxygen atoms in total. The van der Waals surface area contributed by atoms with E-state index in [2.05, 4.69) is 60.9 Å². The molecule has 1 unspecified atom stereocenters. The summed E-state index contributed by atoms with van der Waals surface area (Å²) in [6, 6.07) is 28.7. The summed E-state index contributed by atoms with van der Waals surface area (Å²) in [7, 11) is 0. The first-order chi connectivity index (χ1) is 14.2. The normalized spacial score (nSPS) is 12.2. The number of hydrogen-bond acceptors (Lipinski definition) is 2. The SMILES string of the molecule is Cc1c(C(=O)c2ccccc2)c2ccccc2n1C(C)CCSc1ccccc1. The van der Waals surface area contributed by atoms with Crippen LogP contribution in [0.4, 0.5) is 0 Å². The topological polar surface area (TPSA) is 22.0 Å². The van der Waals surface area contributed by atoms with Crippen LogP contribution < -0.4 is 0 Å². The van der Waals surface area contributed by atoms with Crippen molar-refractivity contribution in [1.82, 2.24) is 4.57 Å². The van der Waals surface area contributed by atoms with Gasteiger partial charge in [-0.25, -0.2) is 0 Å². The molecular weight excluding hydrogens is 374 g/mol. The highest BCUT2D eigenvalue weighted by Crippen LogP contribution is 2.32. The number of thioether (sulfide) groups is 1. The van der Waals surface area contributed by atoms with Crippen LogP contribution in [-0.4, -0.2) is 16.1 Å². The van der Waals surface area contributed by atoms with Crippen LogP contribution in [0.5, 0.6) is 0 Å². The van der Waals surface area contributed by atoms with Gasteiger partial charge in [-0.1, -0.05) is 66.7 Å². The summed E-state index contributed by atoms with van der Waals surface area (Å²) in [6.45, 7) is 4.33. The number of ketones is 1. The molecule has 1 atom stereocenters.